The number of oxazole rings is 1. The van der Waals surface area contributed by atoms with Crippen LogP contribution in [0.15, 0.2) is 75.7 Å². The Labute approximate surface area is 194 Å². The number of aromatic nitrogens is 2. The van der Waals surface area contributed by atoms with Crippen molar-refractivity contribution in [2.45, 2.75) is 6.92 Å². The zero-order valence-corrected chi connectivity index (χ0v) is 18.5. The summed E-state index contributed by atoms with van der Waals surface area (Å²) in [4.78, 5) is 21.5. The summed E-state index contributed by atoms with van der Waals surface area (Å²) in [6, 6.07) is 17.8. The van der Waals surface area contributed by atoms with Crippen molar-refractivity contribution in [3.05, 3.63) is 83.2 Å². The number of benzene rings is 2. The van der Waals surface area contributed by atoms with Gasteiger partial charge in [-0.15, -0.1) is 0 Å². The molecule has 0 saturated carbocycles. The predicted octanol–water partition coefficient (Wildman–Crippen LogP) is 6.37. The van der Waals surface area contributed by atoms with Crippen LogP contribution in [0.2, 0.25) is 5.02 Å². The molecule has 0 aliphatic rings. The third-order valence-corrected chi connectivity index (χ3v) is 5.46. The fourth-order valence-corrected chi connectivity index (χ4v) is 3.66. The highest BCUT2D eigenvalue weighted by Gasteiger charge is 2.16. The second kappa shape index (κ2) is 8.44. The first kappa shape index (κ1) is 20.8. The molecule has 33 heavy (non-hydrogen) atoms. The Bertz CT molecular complexity index is 1460. The van der Waals surface area contributed by atoms with Crippen LogP contribution in [0.1, 0.15) is 16.1 Å². The lowest BCUT2D eigenvalue weighted by molar-refractivity contribution is 0.0997. The van der Waals surface area contributed by atoms with Crippen molar-refractivity contribution in [2.24, 2.45) is 0 Å². The first-order valence-electron chi connectivity index (χ1n) is 10.1. The quantitative estimate of drug-likeness (QED) is 0.328. The highest BCUT2D eigenvalue weighted by molar-refractivity contribution is 6.32. The maximum Gasteiger partial charge on any atom is 0.291 e. The maximum atomic E-state index is 12.9. The SMILES string of the molecule is COc1ccc(-c2ccc(C(=O)Nc3cc(-c4nc5ncccc5o4)ccc3C)o2)cc1Cl. The molecule has 5 rings (SSSR count). The highest BCUT2D eigenvalue weighted by atomic mass is 35.5. The van der Waals surface area contributed by atoms with Crippen molar-refractivity contribution < 1.29 is 18.4 Å². The van der Waals surface area contributed by atoms with Gasteiger partial charge in [0.15, 0.2) is 17.0 Å². The van der Waals surface area contributed by atoms with Gasteiger partial charge in [0.05, 0.1) is 12.1 Å². The van der Waals surface area contributed by atoms with Crippen LogP contribution in [0.3, 0.4) is 0 Å². The topological polar surface area (TPSA) is 90.4 Å². The minimum atomic E-state index is -0.375. The first-order chi connectivity index (χ1) is 16.0. The summed E-state index contributed by atoms with van der Waals surface area (Å²) in [5.74, 6) is 1.31. The molecule has 3 heterocycles. The van der Waals surface area contributed by atoms with Crippen molar-refractivity contribution in [2.75, 3.05) is 12.4 Å². The Kier molecular flexibility index (Phi) is 5.32. The van der Waals surface area contributed by atoms with Crippen molar-refractivity contribution in [3.8, 4) is 28.5 Å². The molecule has 5 aromatic rings. The summed E-state index contributed by atoms with van der Waals surface area (Å²) < 4.78 is 16.7. The molecule has 0 unspecified atom stereocenters. The third-order valence-electron chi connectivity index (χ3n) is 5.16. The maximum absolute atomic E-state index is 12.9. The molecule has 164 valence electrons. The lowest BCUT2D eigenvalue weighted by atomic mass is 10.1. The molecule has 0 saturated heterocycles. The van der Waals surface area contributed by atoms with E-state index < -0.39 is 0 Å². The van der Waals surface area contributed by atoms with E-state index in [9.17, 15) is 4.79 Å². The van der Waals surface area contributed by atoms with E-state index in [1.165, 1.54) is 0 Å². The number of nitrogens with zero attached hydrogens (tertiary/aromatic N) is 2. The number of carbonyl (C=O) groups excluding carboxylic acids is 1. The molecule has 8 heteroatoms. The van der Waals surface area contributed by atoms with Gasteiger partial charge in [-0.3, -0.25) is 4.79 Å². The zero-order chi connectivity index (χ0) is 22.9. The van der Waals surface area contributed by atoms with Gasteiger partial charge in [0.25, 0.3) is 5.91 Å². The first-order valence-corrected chi connectivity index (χ1v) is 10.5. The number of anilines is 1. The number of furan rings is 1. The smallest absolute Gasteiger partial charge is 0.291 e. The largest absolute Gasteiger partial charge is 0.495 e. The fourth-order valence-electron chi connectivity index (χ4n) is 3.40. The number of fused-ring (bicyclic) bond motifs is 1. The molecule has 0 aliphatic carbocycles. The van der Waals surface area contributed by atoms with E-state index in [2.05, 4.69) is 15.3 Å². The fraction of sp³-hybridized carbons (Fsp3) is 0.0800. The Morgan fingerprint density at radius 3 is 2.67 bits per heavy atom. The van der Waals surface area contributed by atoms with E-state index in [1.54, 1.807) is 49.7 Å². The van der Waals surface area contributed by atoms with E-state index >= 15 is 0 Å². The molecular formula is C25H18ClN3O4. The Morgan fingerprint density at radius 1 is 1.03 bits per heavy atom. The number of pyridine rings is 1. The average Bonchev–Trinajstić information content (AvgIpc) is 3.48. The second-order valence-corrected chi connectivity index (χ2v) is 7.75. The number of hydrogen-bond acceptors (Lipinski definition) is 6. The summed E-state index contributed by atoms with van der Waals surface area (Å²) in [5.41, 5.74) is 4.10. The molecule has 0 radical (unpaired) electrons. The molecule has 0 bridgehead atoms. The van der Waals surface area contributed by atoms with Crippen LogP contribution in [0.5, 0.6) is 5.75 Å². The second-order valence-electron chi connectivity index (χ2n) is 7.34. The molecule has 0 spiro atoms. The zero-order valence-electron chi connectivity index (χ0n) is 17.8. The summed E-state index contributed by atoms with van der Waals surface area (Å²) in [6.07, 6.45) is 1.66. The molecule has 0 atom stereocenters. The molecular weight excluding hydrogens is 442 g/mol. The van der Waals surface area contributed by atoms with E-state index in [0.29, 0.717) is 39.3 Å². The van der Waals surface area contributed by atoms with E-state index in [1.807, 2.05) is 31.2 Å². The van der Waals surface area contributed by atoms with Crippen LogP contribution in [0.25, 0.3) is 34.0 Å². The Morgan fingerprint density at radius 2 is 1.88 bits per heavy atom. The van der Waals surface area contributed by atoms with Crippen LogP contribution < -0.4 is 10.1 Å². The van der Waals surface area contributed by atoms with Gasteiger partial charge in [-0.2, -0.15) is 4.98 Å². The summed E-state index contributed by atoms with van der Waals surface area (Å²) in [6.45, 7) is 1.90. The minimum Gasteiger partial charge on any atom is -0.495 e. The molecule has 0 aliphatic heterocycles. The van der Waals surface area contributed by atoms with Gasteiger partial charge in [0, 0.05) is 23.0 Å². The van der Waals surface area contributed by atoms with Crippen LogP contribution in [-0.2, 0) is 0 Å². The van der Waals surface area contributed by atoms with E-state index in [-0.39, 0.29) is 11.7 Å². The number of carbonyl (C=O) groups is 1. The van der Waals surface area contributed by atoms with Crippen molar-refractivity contribution in [1.82, 2.24) is 9.97 Å². The number of hydrogen-bond donors (Lipinski definition) is 1. The van der Waals surface area contributed by atoms with Crippen LogP contribution in [0.4, 0.5) is 5.69 Å². The highest BCUT2D eigenvalue weighted by Crippen LogP contribution is 2.32. The van der Waals surface area contributed by atoms with Crippen molar-refractivity contribution in [1.29, 1.82) is 0 Å². The van der Waals surface area contributed by atoms with Gasteiger partial charge in [-0.25, -0.2) is 4.98 Å². The lowest BCUT2D eigenvalue weighted by Gasteiger charge is -2.08. The average molecular weight is 460 g/mol. The molecule has 7 nitrogen and oxygen atoms in total. The number of nitrogens with one attached hydrogen (secondary N) is 1. The van der Waals surface area contributed by atoms with Crippen LogP contribution in [0, 0.1) is 6.92 Å². The number of methoxy groups -OCH3 is 1. The summed E-state index contributed by atoms with van der Waals surface area (Å²) >= 11 is 6.20. The number of rotatable bonds is 5. The molecule has 3 aromatic heterocycles. The van der Waals surface area contributed by atoms with Gasteiger partial charge < -0.3 is 18.9 Å². The van der Waals surface area contributed by atoms with Crippen molar-refractivity contribution >= 4 is 34.4 Å². The number of ether oxygens (including phenoxy) is 1. The number of halogens is 1. The Hall–Kier alpha value is -4.10. The summed E-state index contributed by atoms with van der Waals surface area (Å²) in [5, 5.41) is 3.36. The number of amides is 1. The van der Waals surface area contributed by atoms with Crippen LogP contribution in [-0.4, -0.2) is 23.0 Å². The molecule has 1 N–H and O–H groups in total. The monoisotopic (exact) mass is 459 g/mol. The van der Waals surface area contributed by atoms with E-state index in [0.717, 1.165) is 16.7 Å². The molecule has 1 amide bonds. The van der Waals surface area contributed by atoms with E-state index in [4.69, 9.17) is 25.2 Å². The van der Waals surface area contributed by atoms with Crippen molar-refractivity contribution in [3.63, 3.8) is 0 Å². The van der Waals surface area contributed by atoms with Gasteiger partial charge in [0.2, 0.25) is 5.89 Å². The molecule has 2 aromatic carbocycles. The van der Waals surface area contributed by atoms with Gasteiger partial charge in [0.1, 0.15) is 11.5 Å². The van der Waals surface area contributed by atoms with Gasteiger partial charge >= 0.3 is 0 Å². The van der Waals surface area contributed by atoms with Crippen LogP contribution >= 0.6 is 11.6 Å². The standard InChI is InChI=1S/C25H18ClN3O4/c1-14-5-6-16(25-29-23-21(33-25)4-3-11-27-23)13-18(14)28-24(30)22-10-9-19(32-22)15-7-8-20(31-2)17(26)12-15/h3-13H,1-2H3,(H,28,30). The Balaban J connectivity index is 1.39. The van der Waals surface area contributed by atoms with Gasteiger partial charge in [-0.05, 0) is 67.1 Å². The predicted molar refractivity (Wildman–Crippen MR) is 126 cm³/mol. The number of aryl methyl sites for hydroxylation is 1. The van der Waals surface area contributed by atoms with Gasteiger partial charge in [-0.1, -0.05) is 17.7 Å². The summed E-state index contributed by atoms with van der Waals surface area (Å²) in [7, 11) is 1.55. The molecule has 0 fully saturated rings. The minimum absolute atomic E-state index is 0.174. The lowest BCUT2D eigenvalue weighted by Crippen LogP contribution is -2.11. The normalized spacial score (nSPS) is 11.0. The third kappa shape index (κ3) is 4.06.